The van der Waals surface area contributed by atoms with Gasteiger partial charge in [-0.1, -0.05) is 13.3 Å². The number of nitrogens with zero attached hydrogens (tertiary/aromatic N) is 1. The summed E-state index contributed by atoms with van der Waals surface area (Å²) in [6.45, 7) is 2.06. The van der Waals surface area contributed by atoms with E-state index in [4.69, 9.17) is 14.6 Å². The maximum atomic E-state index is 12.2. The van der Waals surface area contributed by atoms with Crippen molar-refractivity contribution in [3.8, 4) is 22.1 Å². The fraction of sp³-hybridized carbons (Fsp3) is 0.312. The molecule has 1 aliphatic heterocycles. The molecule has 0 saturated carbocycles. The molecule has 0 fully saturated rings. The van der Waals surface area contributed by atoms with E-state index in [1.54, 1.807) is 12.1 Å². The second-order valence-corrected chi connectivity index (χ2v) is 6.28. The van der Waals surface area contributed by atoms with Gasteiger partial charge in [0.15, 0.2) is 11.5 Å². The van der Waals surface area contributed by atoms with Crippen LogP contribution in [0.15, 0.2) is 24.4 Å². The third-order valence-corrected chi connectivity index (χ3v) is 4.57. The Morgan fingerprint density at radius 3 is 2.92 bits per heavy atom. The maximum absolute atomic E-state index is 12.2. The van der Waals surface area contributed by atoms with Crippen molar-refractivity contribution in [3.63, 3.8) is 0 Å². The van der Waals surface area contributed by atoms with Crippen molar-refractivity contribution in [3.05, 3.63) is 29.3 Å². The number of rotatable bonds is 6. The summed E-state index contributed by atoms with van der Waals surface area (Å²) in [5.74, 6) is -0.147. The van der Waals surface area contributed by atoms with Crippen LogP contribution in [0.2, 0.25) is 0 Å². The van der Waals surface area contributed by atoms with Crippen molar-refractivity contribution in [2.24, 2.45) is 0 Å². The Kier molecular flexibility index (Phi) is 4.66. The molecule has 0 aliphatic carbocycles. The molecule has 0 bridgehead atoms. The maximum Gasteiger partial charge on any atom is 0.326 e. The summed E-state index contributed by atoms with van der Waals surface area (Å²) >= 11 is 1.20. The molecule has 1 aliphatic rings. The minimum Gasteiger partial charge on any atom is -0.480 e. The van der Waals surface area contributed by atoms with Crippen molar-refractivity contribution in [2.45, 2.75) is 25.8 Å². The van der Waals surface area contributed by atoms with Crippen LogP contribution in [-0.2, 0) is 4.79 Å². The molecule has 1 atom stereocenters. The molecule has 3 rings (SSSR count). The Hall–Kier alpha value is -2.61. The molecule has 1 aromatic carbocycles. The lowest BCUT2D eigenvalue weighted by molar-refractivity contribution is -0.139. The highest BCUT2D eigenvalue weighted by molar-refractivity contribution is 7.16. The molecule has 1 unspecified atom stereocenters. The number of aromatic nitrogens is 1. The Morgan fingerprint density at radius 1 is 1.38 bits per heavy atom. The number of thiazole rings is 1. The minimum atomic E-state index is -1.04. The SMILES string of the molecule is CCCC(NC(=O)c1cnc(-c2ccc3c(c2)OCO3)s1)C(=O)O. The number of carboxylic acids is 1. The number of carbonyl (C=O) groups is 2. The fourth-order valence-corrected chi connectivity index (χ4v) is 3.13. The summed E-state index contributed by atoms with van der Waals surface area (Å²) in [4.78, 5) is 28.0. The van der Waals surface area contributed by atoms with Crippen molar-refractivity contribution in [2.75, 3.05) is 6.79 Å². The van der Waals surface area contributed by atoms with Crippen LogP contribution < -0.4 is 14.8 Å². The molecular formula is C16H16N2O5S. The standard InChI is InChI=1S/C16H16N2O5S/c1-2-3-10(16(20)21)18-14(19)13-7-17-15(24-13)9-4-5-11-12(6-9)23-8-22-11/h4-7,10H,2-3,8H2,1H3,(H,18,19)(H,20,21). The molecule has 1 amide bonds. The van der Waals surface area contributed by atoms with Gasteiger partial charge in [0.25, 0.3) is 5.91 Å². The van der Waals surface area contributed by atoms with E-state index in [-0.39, 0.29) is 6.79 Å². The first-order valence-electron chi connectivity index (χ1n) is 7.48. The average molecular weight is 348 g/mol. The summed E-state index contributed by atoms with van der Waals surface area (Å²) in [6, 6.07) is 4.55. The van der Waals surface area contributed by atoms with Crippen LogP contribution in [-0.4, -0.2) is 34.8 Å². The average Bonchev–Trinajstić information content (AvgIpc) is 3.22. The number of ether oxygens (including phenoxy) is 2. The number of benzene rings is 1. The topological polar surface area (TPSA) is 97.8 Å². The number of aliphatic carboxylic acids is 1. The van der Waals surface area contributed by atoms with Crippen LogP contribution in [0, 0.1) is 0 Å². The van der Waals surface area contributed by atoms with E-state index in [9.17, 15) is 9.59 Å². The summed E-state index contributed by atoms with van der Waals surface area (Å²) < 4.78 is 10.6. The highest BCUT2D eigenvalue weighted by atomic mass is 32.1. The van der Waals surface area contributed by atoms with Gasteiger partial charge in [-0.3, -0.25) is 4.79 Å². The highest BCUT2D eigenvalue weighted by Gasteiger charge is 2.21. The van der Waals surface area contributed by atoms with Crippen molar-refractivity contribution in [1.82, 2.24) is 10.3 Å². The minimum absolute atomic E-state index is 0.193. The lowest BCUT2D eigenvalue weighted by Gasteiger charge is -2.12. The zero-order chi connectivity index (χ0) is 17.1. The van der Waals surface area contributed by atoms with Gasteiger partial charge in [-0.05, 0) is 24.6 Å². The third-order valence-electron chi connectivity index (χ3n) is 3.53. The number of amides is 1. The molecule has 24 heavy (non-hydrogen) atoms. The largest absolute Gasteiger partial charge is 0.480 e. The molecule has 2 aromatic rings. The second kappa shape index (κ2) is 6.88. The van der Waals surface area contributed by atoms with Crippen molar-refractivity contribution in [1.29, 1.82) is 0 Å². The van der Waals surface area contributed by atoms with E-state index in [2.05, 4.69) is 10.3 Å². The highest BCUT2D eigenvalue weighted by Crippen LogP contribution is 2.36. The summed E-state index contributed by atoms with van der Waals surface area (Å²) in [5.41, 5.74) is 0.812. The molecule has 1 aromatic heterocycles. The van der Waals surface area contributed by atoms with Gasteiger partial charge in [-0.15, -0.1) is 11.3 Å². The third kappa shape index (κ3) is 3.33. The van der Waals surface area contributed by atoms with E-state index < -0.39 is 17.9 Å². The molecule has 2 N–H and O–H groups in total. The van der Waals surface area contributed by atoms with Crippen molar-refractivity contribution >= 4 is 23.2 Å². The van der Waals surface area contributed by atoms with Gasteiger partial charge in [0.2, 0.25) is 6.79 Å². The molecule has 2 heterocycles. The normalized spacial score (nSPS) is 13.5. The van der Waals surface area contributed by atoms with E-state index in [0.29, 0.717) is 34.2 Å². The molecule has 0 spiro atoms. The fourth-order valence-electron chi connectivity index (χ4n) is 2.32. The first kappa shape index (κ1) is 16.3. The van der Waals surface area contributed by atoms with Crippen LogP contribution in [0.1, 0.15) is 29.4 Å². The number of hydrogen-bond acceptors (Lipinski definition) is 6. The molecule has 8 heteroatoms. The van der Waals surface area contributed by atoms with Crippen LogP contribution in [0.25, 0.3) is 10.6 Å². The zero-order valence-corrected chi connectivity index (χ0v) is 13.8. The van der Waals surface area contributed by atoms with Crippen LogP contribution in [0.4, 0.5) is 0 Å². The number of hydrogen-bond donors (Lipinski definition) is 2. The number of carboxylic acid groups (broad SMARTS) is 1. The molecule has 0 radical (unpaired) electrons. The van der Waals surface area contributed by atoms with Gasteiger partial charge in [0.1, 0.15) is 15.9 Å². The van der Waals surface area contributed by atoms with Gasteiger partial charge in [-0.2, -0.15) is 0 Å². The Bertz CT molecular complexity index is 774. The Morgan fingerprint density at radius 2 is 2.17 bits per heavy atom. The number of nitrogens with one attached hydrogen (secondary N) is 1. The van der Waals surface area contributed by atoms with E-state index in [1.807, 2.05) is 13.0 Å². The van der Waals surface area contributed by atoms with Crippen LogP contribution in [0.3, 0.4) is 0 Å². The molecular weight excluding hydrogens is 332 g/mol. The predicted molar refractivity (Wildman–Crippen MR) is 87.5 cm³/mol. The summed E-state index contributed by atoms with van der Waals surface area (Å²) in [6.07, 6.45) is 2.50. The van der Waals surface area contributed by atoms with Gasteiger partial charge in [0.05, 0.1) is 6.20 Å². The van der Waals surface area contributed by atoms with E-state index in [1.165, 1.54) is 17.5 Å². The van der Waals surface area contributed by atoms with Crippen molar-refractivity contribution < 1.29 is 24.2 Å². The van der Waals surface area contributed by atoms with Crippen LogP contribution in [0.5, 0.6) is 11.5 Å². The molecule has 126 valence electrons. The van der Waals surface area contributed by atoms with Gasteiger partial charge in [0, 0.05) is 5.56 Å². The molecule has 7 nitrogen and oxygen atoms in total. The van der Waals surface area contributed by atoms with Gasteiger partial charge >= 0.3 is 5.97 Å². The monoisotopic (exact) mass is 348 g/mol. The molecule has 0 saturated heterocycles. The quantitative estimate of drug-likeness (QED) is 0.832. The lowest BCUT2D eigenvalue weighted by atomic mass is 10.1. The second-order valence-electron chi connectivity index (χ2n) is 5.25. The first-order valence-corrected chi connectivity index (χ1v) is 8.29. The van der Waals surface area contributed by atoms with Gasteiger partial charge < -0.3 is 19.9 Å². The van der Waals surface area contributed by atoms with Crippen LogP contribution >= 0.6 is 11.3 Å². The zero-order valence-electron chi connectivity index (χ0n) is 12.9. The number of fused-ring (bicyclic) bond motifs is 1. The van der Waals surface area contributed by atoms with E-state index >= 15 is 0 Å². The predicted octanol–water partition coefficient (Wildman–Crippen LogP) is 2.52. The smallest absolute Gasteiger partial charge is 0.326 e. The van der Waals surface area contributed by atoms with E-state index in [0.717, 1.165) is 5.56 Å². The number of carbonyl (C=O) groups excluding carboxylic acids is 1. The first-order chi connectivity index (χ1) is 11.6. The Labute approximate surface area is 142 Å². The van der Waals surface area contributed by atoms with Gasteiger partial charge in [-0.25, -0.2) is 9.78 Å². The Balaban J connectivity index is 1.75. The summed E-state index contributed by atoms with van der Waals surface area (Å²) in [5, 5.41) is 12.3. The lowest BCUT2D eigenvalue weighted by Crippen LogP contribution is -2.40. The summed E-state index contributed by atoms with van der Waals surface area (Å²) in [7, 11) is 0.